The van der Waals surface area contributed by atoms with Crippen LogP contribution in [0.5, 0.6) is 0 Å². The first-order valence-corrected chi connectivity index (χ1v) is 7.84. The Morgan fingerprint density at radius 2 is 2.11 bits per heavy atom. The first kappa shape index (κ1) is 13.2. The maximum atomic E-state index is 12.1. The molecule has 0 amide bonds. The second kappa shape index (κ2) is 4.47. The molecule has 0 aliphatic rings. The normalized spacial score (nSPS) is 12.8. The van der Waals surface area contributed by atoms with E-state index in [0.717, 1.165) is 4.88 Å². The van der Waals surface area contributed by atoms with Crippen LogP contribution < -0.4 is 0 Å². The topological polar surface area (TPSA) is 73.1 Å². The number of nitrogens with zero attached hydrogens (tertiary/aromatic N) is 2. The monoisotopic (exact) mass is 286 g/mol. The van der Waals surface area contributed by atoms with Crippen molar-refractivity contribution in [2.24, 2.45) is 0 Å². The van der Waals surface area contributed by atoms with Gasteiger partial charge in [0.1, 0.15) is 12.0 Å². The Labute approximate surface area is 110 Å². The number of thiazole rings is 1. The van der Waals surface area contributed by atoms with Gasteiger partial charge in [-0.3, -0.25) is 0 Å². The highest BCUT2D eigenvalue weighted by atomic mass is 32.2. The van der Waals surface area contributed by atoms with Crippen molar-refractivity contribution in [2.45, 2.75) is 36.3 Å². The van der Waals surface area contributed by atoms with Crippen molar-refractivity contribution in [2.75, 3.05) is 0 Å². The molecular weight excluding hydrogens is 272 g/mol. The average Bonchev–Trinajstić information content (AvgIpc) is 2.83. The molecule has 0 aliphatic heterocycles. The smallest absolute Gasteiger partial charge is 0.211 e. The van der Waals surface area contributed by atoms with Gasteiger partial charge in [-0.05, 0) is 5.41 Å². The summed E-state index contributed by atoms with van der Waals surface area (Å²) in [7, 11) is -3.44. The van der Waals surface area contributed by atoms with Crippen LogP contribution >= 0.6 is 11.3 Å². The van der Waals surface area contributed by atoms with Gasteiger partial charge < -0.3 is 4.52 Å². The van der Waals surface area contributed by atoms with E-state index >= 15 is 0 Å². The van der Waals surface area contributed by atoms with Crippen LogP contribution in [-0.2, 0) is 21.0 Å². The molecule has 0 aliphatic carbocycles. The molecule has 98 valence electrons. The minimum Gasteiger partial charge on any atom is -0.364 e. The van der Waals surface area contributed by atoms with Crippen LogP contribution in [0.3, 0.4) is 0 Å². The van der Waals surface area contributed by atoms with Crippen LogP contribution in [-0.4, -0.2) is 18.6 Å². The molecule has 2 aromatic heterocycles. The predicted molar refractivity (Wildman–Crippen MR) is 68.2 cm³/mol. The summed E-state index contributed by atoms with van der Waals surface area (Å²) < 4.78 is 29.0. The third kappa shape index (κ3) is 2.78. The van der Waals surface area contributed by atoms with Gasteiger partial charge in [-0.25, -0.2) is 13.4 Å². The van der Waals surface area contributed by atoms with Gasteiger partial charge in [-0.2, -0.15) is 0 Å². The minimum atomic E-state index is -3.44. The van der Waals surface area contributed by atoms with E-state index in [1.807, 2.05) is 20.8 Å². The lowest BCUT2D eigenvalue weighted by Gasteiger charge is -2.14. The Hall–Kier alpha value is -1.21. The molecule has 5 nitrogen and oxygen atoms in total. The van der Waals surface area contributed by atoms with Gasteiger partial charge in [0.2, 0.25) is 14.2 Å². The lowest BCUT2D eigenvalue weighted by molar-refractivity contribution is 0.413. The van der Waals surface area contributed by atoms with Crippen LogP contribution in [0.2, 0.25) is 0 Å². The highest BCUT2D eigenvalue weighted by Crippen LogP contribution is 2.30. The fraction of sp³-hybridized carbons (Fsp3) is 0.455. The Kier molecular flexibility index (Phi) is 3.29. The van der Waals surface area contributed by atoms with Crippen molar-refractivity contribution in [3.05, 3.63) is 29.1 Å². The lowest BCUT2D eigenvalue weighted by Crippen LogP contribution is -2.08. The maximum absolute atomic E-state index is 12.1. The van der Waals surface area contributed by atoms with Gasteiger partial charge in [0.25, 0.3) is 0 Å². The number of hydrogen-bond acceptors (Lipinski definition) is 6. The third-order valence-corrected chi connectivity index (χ3v) is 5.86. The summed E-state index contributed by atoms with van der Waals surface area (Å²) in [5.41, 5.74) is 0.293. The Balaban J connectivity index is 2.28. The van der Waals surface area contributed by atoms with Crippen LogP contribution in [0.1, 0.15) is 31.3 Å². The standard InChI is InChI=1S/C11H14N2O3S2/c1-11(2,3)9-6-12-10(17-9)18(14,15)7-8-4-5-16-13-8/h4-6H,7H2,1-3H3. The second-order valence-corrected chi connectivity index (χ2v) is 8.18. The van der Waals surface area contributed by atoms with Crippen LogP contribution in [0, 0.1) is 0 Å². The summed E-state index contributed by atoms with van der Waals surface area (Å²) in [5, 5.41) is 3.61. The van der Waals surface area contributed by atoms with Gasteiger partial charge in [0.05, 0.1) is 5.69 Å². The predicted octanol–water partition coefficient (Wildman–Crippen LogP) is 2.40. The molecule has 0 radical (unpaired) electrons. The Bertz CT molecular complexity index is 622. The fourth-order valence-corrected chi connectivity index (χ4v) is 3.85. The molecule has 0 spiro atoms. The number of rotatable bonds is 3. The van der Waals surface area contributed by atoms with Crippen molar-refractivity contribution >= 4 is 21.2 Å². The van der Waals surface area contributed by atoms with Crippen LogP contribution in [0.25, 0.3) is 0 Å². The molecule has 18 heavy (non-hydrogen) atoms. The summed E-state index contributed by atoms with van der Waals surface area (Å²) >= 11 is 1.21. The molecule has 0 bridgehead atoms. The number of aromatic nitrogens is 2. The van der Waals surface area contributed by atoms with Crippen molar-refractivity contribution in [1.82, 2.24) is 10.1 Å². The van der Waals surface area contributed by atoms with Crippen molar-refractivity contribution < 1.29 is 12.9 Å². The number of hydrogen-bond donors (Lipinski definition) is 0. The molecule has 0 aromatic carbocycles. The van der Waals surface area contributed by atoms with E-state index in [-0.39, 0.29) is 15.5 Å². The summed E-state index contributed by atoms with van der Waals surface area (Å²) in [6.45, 7) is 6.07. The first-order chi connectivity index (χ1) is 8.29. The fourth-order valence-electron chi connectivity index (χ4n) is 1.32. The first-order valence-electron chi connectivity index (χ1n) is 5.37. The maximum Gasteiger partial charge on any atom is 0.211 e. The SMILES string of the molecule is CC(C)(C)c1cnc(S(=O)(=O)Cc2ccon2)s1. The molecule has 0 saturated heterocycles. The van der Waals surface area contributed by atoms with Gasteiger partial charge in [0.15, 0.2) is 0 Å². The molecule has 0 N–H and O–H groups in total. The van der Waals surface area contributed by atoms with E-state index in [4.69, 9.17) is 0 Å². The largest absolute Gasteiger partial charge is 0.364 e. The molecule has 7 heteroatoms. The number of sulfone groups is 1. The van der Waals surface area contributed by atoms with E-state index in [2.05, 4.69) is 14.7 Å². The summed E-state index contributed by atoms with van der Waals surface area (Å²) in [6.07, 6.45) is 2.98. The lowest BCUT2D eigenvalue weighted by atomic mass is 9.96. The Morgan fingerprint density at radius 1 is 1.39 bits per heavy atom. The molecular formula is C11H14N2O3S2. The van der Waals surface area contributed by atoms with Gasteiger partial charge in [-0.15, -0.1) is 11.3 Å². The van der Waals surface area contributed by atoms with Gasteiger partial charge in [-0.1, -0.05) is 25.9 Å². The molecule has 2 heterocycles. The Morgan fingerprint density at radius 3 is 2.61 bits per heavy atom. The highest BCUT2D eigenvalue weighted by Gasteiger charge is 2.24. The highest BCUT2D eigenvalue weighted by molar-refractivity contribution is 7.92. The van der Waals surface area contributed by atoms with Crippen molar-refractivity contribution in [1.29, 1.82) is 0 Å². The van der Waals surface area contributed by atoms with Crippen molar-refractivity contribution in [3.63, 3.8) is 0 Å². The van der Waals surface area contributed by atoms with Gasteiger partial charge >= 0.3 is 0 Å². The molecule has 2 aromatic rings. The van der Waals surface area contributed by atoms with Crippen molar-refractivity contribution in [3.8, 4) is 0 Å². The van der Waals surface area contributed by atoms with Crippen LogP contribution in [0.4, 0.5) is 0 Å². The molecule has 0 fully saturated rings. The minimum absolute atomic E-state index is 0.0979. The summed E-state index contributed by atoms with van der Waals surface area (Å²) in [6, 6.07) is 1.54. The molecule has 0 atom stereocenters. The second-order valence-electron chi connectivity index (χ2n) is 4.99. The van der Waals surface area contributed by atoms with E-state index in [1.54, 1.807) is 6.20 Å². The zero-order valence-electron chi connectivity index (χ0n) is 10.4. The van der Waals surface area contributed by atoms with Crippen LogP contribution in [0.15, 0.2) is 27.4 Å². The summed E-state index contributed by atoms with van der Waals surface area (Å²) in [5.74, 6) is -0.180. The third-order valence-electron chi connectivity index (χ3n) is 2.32. The molecule has 2 rings (SSSR count). The van der Waals surface area contributed by atoms with Gasteiger partial charge in [0, 0.05) is 17.1 Å². The molecule has 0 unspecified atom stereocenters. The van der Waals surface area contributed by atoms with E-state index in [1.165, 1.54) is 23.7 Å². The van der Waals surface area contributed by atoms with E-state index < -0.39 is 9.84 Å². The van der Waals surface area contributed by atoms with E-state index in [0.29, 0.717) is 5.69 Å². The zero-order valence-corrected chi connectivity index (χ0v) is 12.0. The van der Waals surface area contributed by atoms with E-state index in [9.17, 15) is 8.42 Å². The molecule has 0 saturated carbocycles. The zero-order chi connectivity index (χ0) is 13.4. The quantitative estimate of drug-likeness (QED) is 0.866. The summed E-state index contributed by atoms with van der Waals surface area (Å²) in [4.78, 5) is 4.95. The average molecular weight is 286 g/mol.